The van der Waals surface area contributed by atoms with Gasteiger partial charge in [-0.1, -0.05) is 0 Å². The van der Waals surface area contributed by atoms with Gasteiger partial charge in [0.2, 0.25) is 10.0 Å². The van der Waals surface area contributed by atoms with E-state index in [1.807, 2.05) is 0 Å². The van der Waals surface area contributed by atoms with Crippen LogP contribution in [0.25, 0.3) is 0 Å². The lowest BCUT2D eigenvalue weighted by Gasteiger charge is -2.18. The number of amides is 1. The largest absolute Gasteiger partial charge is 0.497 e. The van der Waals surface area contributed by atoms with Crippen molar-refractivity contribution in [3.63, 3.8) is 0 Å². The fourth-order valence-electron chi connectivity index (χ4n) is 2.61. The van der Waals surface area contributed by atoms with Gasteiger partial charge in [-0.3, -0.25) is 14.3 Å². The summed E-state index contributed by atoms with van der Waals surface area (Å²) in [6.07, 6.45) is -1.13. The van der Waals surface area contributed by atoms with Crippen molar-refractivity contribution in [3.05, 3.63) is 35.7 Å². The van der Waals surface area contributed by atoms with Crippen LogP contribution in [-0.4, -0.2) is 49.3 Å². The Labute approximate surface area is 175 Å². The van der Waals surface area contributed by atoms with E-state index in [2.05, 4.69) is 15.1 Å². The van der Waals surface area contributed by atoms with Gasteiger partial charge in [0, 0.05) is 7.05 Å². The van der Waals surface area contributed by atoms with Gasteiger partial charge in [-0.25, -0.2) is 8.42 Å². The number of methoxy groups -OCH3 is 1. The van der Waals surface area contributed by atoms with Crippen molar-refractivity contribution in [1.82, 2.24) is 14.5 Å². The third-order valence-corrected chi connectivity index (χ3v) is 6.03. The predicted octanol–water partition coefficient (Wildman–Crippen LogP) is 1.28. The molecule has 0 radical (unpaired) electrons. The molecule has 11 heteroatoms. The Bertz CT molecular complexity index is 1030. The molecule has 0 saturated heterocycles. The Kier molecular flexibility index (Phi) is 7.21. The third-order valence-electron chi connectivity index (χ3n) is 4.47. The highest BCUT2D eigenvalue weighted by Gasteiger charge is 2.27. The van der Waals surface area contributed by atoms with Gasteiger partial charge in [0.25, 0.3) is 5.91 Å². The van der Waals surface area contributed by atoms with E-state index in [1.165, 1.54) is 45.2 Å². The average Bonchev–Trinajstić information content (AvgIpc) is 2.93. The van der Waals surface area contributed by atoms with Crippen LogP contribution in [-0.2, 0) is 31.4 Å². The summed E-state index contributed by atoms with van der Waals surface area (Å²) < 4.78 is 38.9. The summed E-state index contributed by atoms with van der Waals surface area (Å²) in [4.78, 5) is 24.6. The first-order valence-electron chi connectivity index (χ1n) is 9.14. The lowest BCUT2D eigenvalue weighted by atomic mass is 10.3. The van der Waals surface area contributed by atoms with E-state index in [9.17, 15) is 18.0 Å². The quantitative estimate of drug-likeness (QED) is 0.594. The molecule has 0 aliphatic rings. The number of carbonyl (C=O) groups excluding carboxylic acids is 2. The van der Waals surface area contributed by atoms with Gasteiger partial charge in [0.1, 0.15) is 11.8 Å². The number of esters is 1. The maximum Gasteiger partial charge on any atom is 0.324 e. The standard InChI is InChI=1S/C19H26N4O6S/c1-11-17(13(3)23(5)21-11)20-18(24)14(4)29-19(25)12(2)22-30(26,27)16-9-7-15(28-6)8-10-16/h7-10,12,14,22H,1-6H3,(H,20,24)/t12-,14?/m0/s1. The highest BCUT2D eigenvalue weighted by molar-refractivity contribution is 7.89. The normalized spacial score (nSPS) is 13.4. The van der Waals surface area contributed by atoms with E-state index in [0.29, 0.717) is 17.1 Å². The van der Waals surface area contributed by atoms with Crippen LogP contribution in [0.2, 0.25) is 0 Å². The minimum Gasteiger partial charge on any atom is -0.497 e. The van der Waals surface area contributed by atoms with Gasteiger partial charge in [0.15, 0.2) is 6.10 Å². The number of aryl methyl sites for hydroxylation is 2. The van der Waals surface area contributed by atoms with Crippen LogP contribution in [0.5, 0.6) is 5.75 Å². The highest BCUT2D eigenvalue weighted by atomic mass is 32.2. The van der Waals surface area contributed by atoms with Crippen molar-refractivity contribution in [3.8, 4) is 5.75 Å². The SMILES string of the molecule is COc1ccc(S(=O)(=O)N[C@@H](C)C(=O)OC(C)C(=O)Nc2c(C)nn(C)c2C)cc1. The molecular formula is C19H26N4O6S. The van der Waals surface area contributed by atoms with E-state index >= 15 is 0 Å². The van der Waals surface area contributed by atoms with Gasteiger partial charge >= 0.3 is 5.97 Å². The molecule has 2 atom stereocenters. The molecule has 0 aliphatic carbocycles. The van der Waals surface area contributed by atoms with Crippen LogP contribution >= 0.6 is 0 Å². The number of ether oxygens (including phenoxy) is 2. The van der Waals surface area contributed by atoms with Crippen LogP contribution in [0.1, 0.15) is 25.2 Å². The molecule has 0 spiro atoms. The fraction of sp³-hybridized carbons (Fsp3) is 0.421. The van der Waals surface area contributed by atoms with E-state index in [-0.39, 0.29) is 4.90 Å². The number of aromatic nitrogens is 2. The van der Waals surface area contributed by atoms with Crippen molar-refractivity contribution < 1.29 is 27.5 Å². The molecule has 0 bridgehead atoms. The topological polar surface area (TPSA) is 129 Å². The Hall–Kier alpha value is -2.92. The molecule has 2 aromatic rings. The molecule has 1 heterocycles. The summed E-state index contributed by atoms with van der Waals surface area (Å²) in [5.74, 6) is -0.928. The zero-order valence-corrected chi connectivity index (χ0v) is 18.5. The number of nitrogens with zero attached hydrogens (tertiary/aromatic N) is 2. The maximum absolute atomic E-state index is 12.4. The van der Waals surface area contributed by atoms with Crippen molar-refractivity contribution in [2.45, 2.75) is 44.7 Å². The summed E-state index contributed by atoms with van der Waals surface area (Å²) in [6, 6.07) is 4.50. The fourth-order valence-corrected chi connectivity index (χ4v) is 3.81. The molecule has 0 aliphatic heterocycles. The number of benzene rings is 1. The Morgan fingerprint density at radius 1 is 1.13 bits per heavy atom. The molecule has 164 valence electrons. The molecule has 1 unspecified atom stereocenters. The lowest BCUT2D eigenvalue weighted by molar-refractivity contribution is -0.154. The molecule has 0 saturated carbocycles. The minimum atomic E-state index is -3.96. The zero-order valence-electron chi connectivity index (χ0n) is 17.7. The first-order chi connectivity index (χ1) is 14.0. The van der Waals surface area contributed by atoms with Crippen LogP contribution < -0.4 is 14.8 Å². The second-order valence-corrected chi connectivity index (χ2v) is 8.47. The van der Waals surface area contributed by atoms with Crippen LogP contribution in [0, 0.1) is 13.8 Å². The summed E-state index contributed by atoms with van der Waals surface area (Å²) in [5, 5.41) is 6.88. The van der Waals surface area contributed by atoms with Crippen LogP contribution in [0.15, 0.2) is 29.2 Å². The van der Waals surface area contributed by atoms with Crippen LogP contribution in [0.4, 0.5) is 5.69 Å². The first kappa shape index (κ1) is 23.4. The third kappa shape index (κ3) is 5.36. The monoisotopic (exact) mass is 438 g/mol. The summed E-state index contributed by atoms with van der Waals surface area (Å²) in [5.41, 5.74) is 1.92. The molecular weight excluding hydrogens is 412 g/mol. The number of anilines is 1. The molecule has 1 amide bonds. The highest BCUT2D eigenvalue weighted by Crippen LogP contribution is 2.19. The van der Waals surface area contributed by atoms with Crippen molar-refractivity contribution in [2.24, 2.45) is 7.05 Å². The smallest absolute Gasteiger partial charge is 0.324 e. The first-order valence-corrected chi connectivity index (χ1v) is 10.6. The van der Waals surface area contributed by atoms with Crippen molar-refractivity contribution in [1.29, 1.82) is 0 Å². The summed E-state index contributed by atoms with van der Waals surface area (Å²) >= 11 is 0. The molecule has 30 heavy (non-hydrogen) atoms. The van der Waals surface area contributed by atoms with Gasteiger partial charge in [-0.15, -0.1) is 0 Å². The molecule has 2 N–H and O–H groups in total. The number of hydrogen-bond donors (Lipinski definition) is 2. The van der Waals surface area contributed by atoms with Crippen molar-refractivity contribution in [2.75, 3.05) is 12.4 Å². The number of hydrogen-bond acceptors (Lipinski definition) is 7. The summed E-state index contributed by atoms with van der Waals surface area (Å²) in [6.45, 7) is 6.28. The summed E-state index contributed by atoms with van der Waals surface area (Å²) in [7, 11) is -0.746. The zero-order chi connectivity index (χ0) is 22.6. The van der Waals surface area contributed by atoms with E-state index < -0.39 is 34.0 Å². The van der Waals surface area contributed by atoms with Gasteiger partial charge in [-0.05, 0) is 52.0 Å². The van der Waals surface area contributed by atoms with Gasteiger partial charge in [0.05, 0.1) is 29.1 Å². The molecule has 2 rings (SSSR count). The number of sulfonamides is 1. The van der Waals surface area contributed by atoms with E-state index in [1.54, 1.807) is 25.6 Å². The Morgan fingerprint density at radius 3 is 2.23 bits per heavy atom. The van der Waals surface area contributed by atoms with Gasteiger partial charge < -0.3 is 14.8 Å². The van der Waals surface area contributed by atoms with Crippen LogP contribution in [0.3, 0.4) is 0 Å². The number of carbonyl (C=O) groups is 2. The molecule has 1 aromatic heterocycles. The average molecular weight is 439 g/mol. The maximum atomic E-state index is 12.4. The minimum absolute atomic E-state index is 0.0312. The predicted molar refractivity (Wildman–Crippen MR) is 110 cm³/mol. The molecule has 0 fully saturated rings. The second kappa shape index (κ2) is 9.26. The second-order valence-electron chi connectivity index (χ2n) is 6.76. The Balaban J connectivity index is 1.99. The van der Waals surface area contributed by atoms with E-state index in [4.69, 9.17) is 9.47 Å². The van der Waals surface area contributed by atoms with E-state index in [0.717, 1.165) is 5.69 Å². The Morgan fingerprint density at radius 2 is 1.73 bits per heavy atom. The van der Waals surface area contributed by atoms with Gasteiger partial charge in [-0.2, -0.15) is 9.82 Å². The number of rotatable bonds is 8. The van der Waals surface area contributed by atoms with Crippen molar-refractivity contribution >= 4 is 27.6 Å². The molecule has 10 nitrogen and oxygen atoms in total. The lowest BCUT2D eigenvalue weighted by Crippen LogP contribution is -2.42. The molecule has 1 aromatic carbocycles. The number of nitrogens with one attached hydrogen (secondary N) is 2.